The Labute approximate surface area is 86.3 Å². The maximum atomic E-state index is 10.7. The molecule has 1 fully saturated rings. The zero-order valence-corrected chi connectivity index (χ0v) is 8.71. The molecule has 4 heteroatoms. The van der Waals surface area contributed by atoms with Crippen LogP contribution in [-0.4, -0.2) is 17.2 Å². The first-order valence-electron chi connectivity index (χ1n) is 4.56. The molecular formula is C10H12O3S. The number of ether oxygens (including phenoxy) is 1. The average Bonchev–Trinajstić information content (AvgIpc) is 2.71. The van der Waals surface area contributed by atoms with E-state index in [4.69, 9.17) is 9.84 Å². The molecule has 1 aromatic rings. The molecule has 1 aliphatic rings. The fraction of sp³-hybridized carbons (Fsp3) is 0.500. The van der Waals surface area contributed by atoms with Crippen LogP contribution in [0.15, 0.2) is 17.5 Å². The molecule has 0 aliphatic carbocycles. The van der Waals surface area contributed by atoms with Gasteiger partial charge in [0, 0.05) is 4.88 Å². The van der Waals surface area contributed by atoms with E-state index in [9.17, 15) is 4.79 Å². The number of thiophene rings is 1. The lowest BCUT2D eigenvalue weighted by Gasteiger charge is -2.22. The van der Waals surface area contributed by atoms with Crippen LogP contribution in [0.1, 0.15) is 24.6 Å². The van der Waals surface area contributed by atoms with Crippen LogP contribution in [0.4, 0.5) is 0 Å². The van der Waals surface area contributed by atoms with E-state index in [0.717, 1.165) is 11.3 Å². The molecule has 0 spiro atoms. The summed E-state index contributed by atoms with van der Waals surface area (Å²) in [5.74, 6) is -0.856. The Hall–Kier alpha value is -0.870. The largest absolute Gasteiger partial charge is 0.479 e. The minimum absolute atomic E-state index is 0.392. The van der Waals surface area contributed by atoms with Crippen LogP contribution in [0.25, 0.3) is 0 Å². The molecule has 2 unspecified atom stereocenters. The zero-order valence-electron chi connectivity index (χ0n) is 7.90. The third kappa shape index (κ3) is 1.55. The van der Waals surface area contributed by atoms with Crippen LogP contribution in [0.3, 0.4) is 0 Å². The molecule has 14 heavy (non-hydrogen) atoms. The van der Waals surface area contributed by atoms with Gasteiger partial charge in [0.15, 0.2) is 6.10 Å². The molecule has 76 valence electrons. The van der Waals surface area contributed by atoms with E-state index in [0.29, 0.717) is 6.42 Å². The highest BCUT2D eigenvalue weighted by Gasteiger charge is 2.41. The molecular weight excluding hydrogens is 200 g/mol. The number of carboxylic acid groups (broad SMARTS) is 1. The van der Waals surface area contributed by atoms with E-state index in [2.05, 4.69) is 0 Å². The number of hydrogen-bond donors (Lipinski definition) is 1. The van der Waals surface area contributed by atoms with Gasteiger partial charge in [-0.3, -0.25) is 0 Å². The van der Waals surface area contributed by atoms with Gasteiger partial charge in [0.2, 0.25) is 0 Å². The van der Waals surface area contributed by atoms with Gasteiger partial charge in [-0.15, -0.1) is 11.3 Å². The highest BCUT2D eigenvalue weighted by molar-refractivity contribution is 7.10. The summed E-state index contributed by atoms with van der Waals surface area (Å²) in [5.41, 5.74) is -0.392. The Morgan fingerprint density at radius 1 is 1.79 bits per heavy atom. The second-order valence-electron chi connectivity index (χ2n) is 3.69. The van der Waals surface area contributed by atoms with Gasteiger partial charge in [-0.25, -0.2) is 4.79 Å². The monoisotopic (exact) mass is 212 g/mol. The summed E-state index contributed by atoms with van der Waals surface area (Å²) in [6, 6.07) is 3.96. The summed E-state index contributed by atoms with van der Waals surface area (Å²) in [5, 5.41) is 10.8. The molecule has 3 nitrogen and oxygen atoms in total. The van der Waals surface area contributed by atoms with Crippen molar-refractivity contribution >= 4 is 17.3 Å². The van der Waals surface area contributed by atoms with E-state index in [1.165, 1.54) is 0 Å². The maximum Gasteiger partial charge on any atom is 0.332 e. The first-order chi connectivity index (χ1) is 6.62. The summed E-state index contributed by atoms with van der Waals surface area (Å²) in [7, 11) is 0. The van der Waals surface area contributed by atoms with Crippen LogP contribution < -0.4 is 0 Å². The lowest BCUT2D eigenvalue weighted by atomic mass is 10.0. The summed E-state index contributed by atoms with van der Waals surface area (Å²) in [4.78, 5) is 11.8. The van der Waals surface area contributed by atoms with Crippen LogP contribution in [0.2, 0.25) is 0 Å². The van der Waals surface area contributed by atoms with Gasteiger partial charge in [0.25, 0.3) is 0 Å². The van der Waals surface area contributed by atoms with E-state index >= 15 is 0 Å². The molecule has 1 aliphatic heterocycles. The topological polar surface area (TPSA) is 46.5 Å². The standard InChI is InChI=1S/C10H12O3S/c1-10(8-3-2-6-14-8)5-4-7(13-10)9(11)12/h2-3,6-7H,4-5H2,1H3,(H,11,12). The molecule has 2 atom stereocenters. The first-order valence-corrected chi connectivity index (χ1v) is 5.44. The number of hydrogen-bond acceptors (Lipinski definition) is 3. The van der Waals surface area contributed by atoms with Crippen molar-refractivity contribution in [3.63, 3.8) is 0 Å². The first kappa shape index (κ1) is 9.68. The molecule has 2 heterocycles. The van der Waals surface area contributed by atoms with Crippen LogP contribution in [-0.2, 0) is 15.1 Å². The highest BCUT2D eigenvalue weighted by atomic mass is 32.1. The van der Waals surface area contributed by atoms with Crippen molar-refractivity contribution in [1.82, 2.24) is 0 Å². The average molecular weight is 212 g/mol. The second-order valence-corrected chi connectivity index (χ2v) is 4.64. The van der Waals surface area contributed by atoms with Gasteiger partial charge < -0.3 is 9.84 Å². The normalized spacial score (nSPS) is 31.9. The Bertz CT molecular complexity index is 333. The minimum Gasteiger partial charge on any atom is -0.479 e. The van der Waals surface area contributed by atoms with Crippen molar-refractivity contribution in [2.45, 2.75) is 31.5 Å². The Morgan fingerprint density at radius 2 is 2.57 bits per heavy atom. The number of rotatable bonds is 2. The maximum absolute atomic E-state index is 10.7. The molecule has 0 radical (unpaired) electrons. The minimum atomic E-state index is -0.856. The van der Waals surface area contributed by atoms with Crippen molar-refractivity contribution in [1.29, 1.82) is 0 Å². The van der Waals surface area contributed by atoms with E-state index in [-0.39, 0.29) is 0 Å². The Morgan fingerprint density at radius 3 is 3.07 bits per heavy atom. The second kappa shape index (κ2) is 3.37. The number of aliphatic carboxylic acids is 1. The molecule has 1 aromatic heterocycles. The van der Waals surface area contributed by atoms with Crippen molar-refractivity contribution in [2.75, 3.05) is 0 Å². The summed E-state index contributed by atoms with van der Waals surface area (Å²) < 4.78 is 5.57. The third-order valence-corrected chi connectivity index (χ3v) is 3.72. The third-order valence-electron chi connectivity index (χ3n) is 2.60. The van der Waals surface area contributed by atoms with Gasteiger partial charge in [0.1, 0.15) is 5.60 Å². The van der Waals surface area contributed by atoms with E-state index < -0.39 is 17.7 Å². The molecule has 0 saturated carbocycles. The fourth-order valence-corrected chi connectivity index (χ4v) is 2.63. The quantitative estimate of drug-likeness (QED) is 0.817. The molecule has 0 amide bonds. The number of carbonyl (C=O) groups is 1. The summed E-state index contributed by atoms with van der Waals surface area (Å²) >= 11 is 1.61. The van der Waals surface area contributed by atoms with Gasteiger partial charge in [-0.05, 0) is 31.2 Å². The Balaban J connectivity index is 2.17. The molecule has 1 N–H and O–H groups in total. The molecule has 0 bridgehead atoms. The smallest absolute Gasteiger partial charge is 0.332 e. The predicted octanol–water partition coefficient (Wildman–Crippen LogP) is 2.23. The van der Waals surface area contributed by atoms with Crippen molar-refractivity contribution in [3.8, 4) is 0 Å². The lowest BCUT2D eigenvalue weighted by molar-refractivity contribution is -0.153. The van der Waals surface area contributed by atoms with Crippen molar-refractivity contribution in [3.05, 3.63) is 22.4 Å². The molecule has 2 rings (SSSR count). The van der Waals surface area contributed by atoms with Gasteiger partial charge in [-0.2, -0.15) is 0 Å². The van der Waals surface area contributed by atoms with E-state index in [1.54, 1.807) is 11.3 Å². The lowest BCUT2D eigenvalue weighted by Crippen LogP contribution is -2.25. The fourth-order valence-electron chi connectivity index (χ4n) is 1.77. The van der Waals surface area contributed by atoms with E-state index in [1.807, 2.05) is 24.4 Å². The van der Waals surface area contributed by atoms with Gasteiger partial charge >= 0.3 is 5.97 Å². The van der Waals surface area contributed by atoms with Crippen molar-refractivity contribution in [2.24, 2.45) is 0 Å². The molecule has 1 saturated heterocycles. The van der Waals surface area contributed by atoms with Crippen LogP contribution in [0, 0.1) is 0 Å². The number of carboxylic acids is 1. The van der Waals surface area contributed by atoms with Gasteiger partial charge in [-0.1, -0.05) is 6.07 Å². The SMILES string of the molecule is CC1(c2cccs2)CCC(C(=O)O)O1. The zero-order chi connectivity index (χ0) is 10.2. The Kier molecular flexibility index (Phi) is 2.33. The summed E-state index contributed by atoms with van der Waals surface area (Å²) in [6.07, 6.45) is 0.746. The highest BCUT2D eigenvalue weighted by Crippen LogP contribution is 2.40. The predicted molar refractivity (Wildman–Crippen MR) is 53.4 cm³/mol. The van der Waals surface area contributed by atoms with Crippen molar-refractivity contribution < 1.29 is 14.6 Å². The van der Waals surface area contributed by atoms with Crippen LogP contribution >= 0.6 is 11.3 Å². The van der Waals surface area contributed by atoms with Gasteiger partial charge in [0.05, 0.1) is 0 Å². The van der Waals surface area contributed by atoms with Crippen LogP contribution in [0.5, 0.6) is 0 Å². The molecule has 0 aromatic carbocycles. The summed E-state index contributed by atoms with van der Waals surface area (Å²) in [6.45, 7) is 1.96.